The third-order valence-corrected chi connectivity index (χ3v) is 3.54. The molecular formula is C17H19F2N. The summed E-state index contributed by atoms with van der Waals surface area (Å²) in [7, 11) is 0. The second kappa shape index (κ2) is 6.14. The summed E-state index contributed by atoms with van der Waals surface area (Å²) in [6.07, 6.45) is 0. The summed E-state index contributed by atoms with van der Waals surface area (Å²) < 4.78 is 26.1. The Balaban J connectivity index is 2.04. The van der Waals surface area contributed by atoms with Gasteiger partial charge in [-0.25, -0.2) is 8.78 Å². The molecule has 0 radical (unpaired) electrons. The Labute approximate surface area is 118 Å². The second-order valence-electron chi connectivity index (χ2n) is 5.21. The zero-order chi connectivity index (χ0) is 14.7. The van der Waals surface area contributed by atoms with E-state index in [1.807, 2.05) is 6.92 Å². The van der Waals surface area contributed by atoms with Gasteiger partial charge in [-0.05, 0) is 49.6 Å². The monoisotopic (exact) mass is 275 g/mol. The van der Waals surface area contributed by atoms with E-state index in [1.165, 1.54) is 28.8 Å². The third-order valence-electron chi connectivity index (χ3n) is 3.54. The molecule has 0 saturated carbocycles. The summed E-state index contributed by atoms with van der Waals surface area (Å²) >= 11 is 0. The van der Waals surface area contributed by atoms with Crippen LogP contribution in [0.3, 0.4) is 0 Å². The zero-order valence-electron chi connectivity index (χ0n) is 12.0. The number of hydrogen-bond acceptors (Lipinski definition) is 1. The molecule has 20 heavy (non-hydrogen) atoms. The molecule has 0 saturated heterocycles. The van der Waals surface area contributed by atoms with Crippen LogP contribution in [0.1, 0.15) is 35.2 Å². The molecule has 1 nitrogen and oxygen atoms in total. The number of nitrogens with one attached hydrogen (secondary N) is 1. The Morgan fingerprint density at radius 1 is 1.00 bits per heavy atom. The van der Waals surface area contributed by atoms with Crippen LogP contribution in [0.25, 0.3) is 0 Å². The van der Waals surface area contributed by atoms with Crippen LogP contribution in [0.15, 0.2) is 36.4 Å². The first-order valence-electron chi connectivity index (χ1n) is 6.72. The van der Waals surface area contributed by atoms with Crippen LogP contribution in [0, 0.1) is 25.5 Å². The molecule has 0 aromatic heterocycles. The molecule has 106 valence electrons. The maximum absolute atomic E-state index is 13.2. The first-order valence-corrected chi connectivity index (χ1v) is 6.72. The first kappa shape index (κ1) is 14.7. The Kier molecular flexibility index (Phi) is 4.50. The van der Waals surface area contributed by atoms with E-state index in [-0.39, 0.29) is 6.04 Å². The van der Waals surface area contributed by atoms with Crippen molar-refractivity contribution in [2.45, 2.75) is 33.4 Å². The van der Waals surface area contributed by atoms with Crippen LogP contribution in [0.5, 0.6) is 0 Å². The summed E-state index contributed by atoms with van der Waals surface area (Å²) in [4.78, 5) is 0. The molecule has 0 aliphatic rings. The number of aryl methyl sites for hydroxylation is 2. The Hall–Kier alpha value is -1.74. The lowest BCUT2D eigenvalue weighted by molar-refractivity contribution is 0.500. The van der Waals surface area contributed by atoms with Crippen LogP contribution < -0.4 is 5.32 Å². The van der Waals surface area contributed by atoms with Crippen LogP contribution in [-0.2, 0) is 6.54 Å². The van der Waals surface area contributed by atoms with Gasteiger partial charge in [0.05, 0.1) is 0 Å². The number of hydrogen-bond donors (Lipinski definition) is 1. The van der Waals surface area contributed by atoms with E-state index in [0.29, 0.717) is 6.54 Å². The summed E-state index contributed by atoms with van der Waals surface area (Å²) in [5, 5.41) is 3.33. The highest BCUT2D eigenvalue weighted by Crippen LogP contribution is 2.17. The third kappa shape index (κ3) is 3.42. The quantitative estimate of drug-likeness (QED) is 0.870. The summed E-state index contributed by atoms with van der Waals surface area (Å²) in [6.45, 7) is 6.78. The van der Waals surface area contributed by atoms with E-state index in [2.05, 4.69) is 37.4 Å². The average Bonchev–Trinajstić information content (AvgIpc) is 2.40. The first-order chi connectivity index (χ1) is 9.47. The Morgan fingerprint density at radius 3 is 2.40 bits per heavy atom. The van der Waals surface area contributed by atoms with E-state index < -0.39 is 11.6 Å². The highest BCUT2D eigenvalue weighted by molar-refractivity contribution is 5.30. The smallest absolute Gasteiger partial charge is 0.159 e. The molecule has 0 heterocycles. The van der Waals surface area contributed by atoms with E-state index in [9.17, 15) is 8.78 Å². The lowest BCUT2D eigenvalue weighted by Gasteiger charge is -2.16. The van der Waals surface area contributed by atoms with Gasteiger partial charge in [-0.1, -0.05) is 29.8 Å². The molecule has 2 rings (SSSR count). The van der Waals surface area contributed by atoms with E-state index >= 15 is 0 Å². The van der Waals surface area contributed by atoms with E-state index in [0.717, 1.165) is 5.56 Å². The Bertz CT molecular complexity index is 608. The van der Waals surface area contributed by atoms with Gasteiger partial charge in [0.1, 0.15) is 0 Å². The largest absolute Gasteiger partial charge is 0.306 e. The van der Waals surface area contributed by atoms with Crippen molar-refractivity contribution in [3.63, 3.8) is 0 Å². The van der Waals surface area contributed by atoms with Gasteiger partial charge in [0, 0.05) is 12.6 Å². The maximum atomic E-state index is 13.2. The Morgan fingerprint density at radius 2 is 1.75 bits per heavy atom. The standard InChI is InChI=1S/C17H19F2N/c1-11-4-5-15(12(2)8-11)10-20-13(3)14-6-7-16(18)17(19)9-14/h4-9,13,20H,10H2,1-3H3. The summed E-state index contributed by atoms with van der Waals surface area (Å²) in [6, 6.07) is 10.3. The zero-order valence-corrected chi connectivity index (χ0v) is 12.0. The van der Waals surface area contributed by atoms with Crippen molar-refractivity contribution in [1.82, 2.24) is 5.32 Å². The molecule has 0 aliphatic heterocycles. The van der Waals surface area contributed by atoms with Crippen molar-refractivity contribution in [3.8, 4) is 0 Å². The van der Waals surface area contributed by atoms with Gasteiger partial charge in [-0.2, -0.15) is 0 Å². The molecule has 0 amide bonds. The van der Waals surface area contributed by atoms with Crippen LogP contribution in [-0.4, -0.2) is 0 Å². The predicted molar refractivity (Wildman–Crippen MR) is 77.5 cm³/mol. The molecule has 0 fully saturated rings. The minimum absolute atomic E-state index is 0.0363. The minimum atomic E-state index is -0.810. The fraction of sp³-hybridized carbons (Fsp3) is 0.294. The molecule has 0 aliphatic carbocycles. The van der Waals surface area contributed by atoms with Crippen LogP contribution in [0.4, 0.5) is 8.78 Å². The normalized spacial score (nSPS) is 12.4. The summed E-state index contributed by atoms with van der Waals surface area (Å²) in [5.41, 5.74) is 4.42. The van der Waals surface area contributed by atoms with Gasteiger partial charge >= 0.3 is 0 Å². The van der Waals surface area contributed by atoms with Gasteiger partial charge in [0.15, 0.2) is 11.6 Å². The van der Waals surface area contributed by atoms with Gasteiger partial charge < -0.3 is 5.32 Å². The lowest BCUT2D eigenvalue weighted by Crippen LogP contribution is -2.19. The lowest BCUT2D eigenvalue weighted by atomic mass is 10.0. The van der Waals surface area contributed by atoms with Crippen molar-refractivity contribution >= 4 is 0 Å². The molecule has 3 heteroatoms. The van der Waals surface area contributed by atoms with Crippen molar-refractivity contribution < 1.29 is 8.78 Å². The van der Waals surface area contributed by atoms with Crippen molar-refractivity contribution in [3.05, 3.63) is 70.3 Å². The molecule has 1 unspecified atom stereocenters. The van der Waals surface area contributed by atoms with Crippen molar-refractivity contribution in [2.24, 2.45) is 0 Å². The molecule has 1 atom stereocenters. The number of rotatable bonds is 4. The maximum Gasteiger partial charge on any atom is 0.159 e. The summed E-state index contributed by atoms with van der Waals surface area (Å²) in [5.74, 6) is -1.61. The molecule has 2 aromatic rings. The SMILES string of the molecule is Cc1ccc(CNC(C)c2ccc(F)c(F)c2)c(C)c1. The van der Waals surface area contributed by atoms with Crippen LogP contribution >= 0.6 is 0 Å². The predicted octanol–water partition coefficient (Wildman–Crippen LogP) is 4.43. The van der Waals surface area contributed by atoms with Gasteiger partial charge in [0.2, 0.25) is 0 Å². The molecule has 2 aromatic carbocycles. The van der Waals surface area contributed by atoms with Crippen LogP contribution in [0.2, 0.25) is 0 Å². The van der Waals surface area contributed by atoms with Gasteiger partial charge in [-0.3, -0.25) is 0 Å². The van der Waals surface area contributed by atoms with E-state index in [4.69, 9.17) is 0 Å². The molecule has 0 bridgehead atoms. The number of benzene rings is 2. The van der Waals surface area contributed by atoms with Crippen molar-refractivity contribution in [1.29, 1.82) is 0 Å². The molecule has 1 N–H and O–H groups in total. The second-order valence-corrected chi connectivity index (χ2v) is 5.21. The highest BCUT2D eigenvalue weighted by atomic mass is 19.2. The number of halogens is 2. The molecular weight excluding hydrogens is 256 g/mol. The average molecular weight is 275 g/mol. The van der Waals surface area contributed by atoms with Gasteiger partial charge in [0.25, 0.3) is 0 Å². The highest BCUT2D eigenvalue weighted by Gasteiger charge is 2.09. The topological polar surface area (TPSA) is 12.0 Å². The van der Waals surface area contributed by atoms with Crippen molar-refractivity contribution in [2.75, 3.05) is 0 Å². The minimum Gasteiger partial charge on any atom is -0.306 e. The van der Waals surface area contributed by atoms with Gasteiger partial charge in [-0.15, -0.1) is 0 Å². The fourth-order valence-electron chi connectivity index (χ4n) is 2.21. The fourth-order valence-corrected chi connectivity index (χ4v) is 2.21. The molecule has 0 spiro atoms. The van der Waals surface area contributed by atoms with E-state index in [1.54, 1.807) is 6.07 Å².